The zero-order chi connectivity index (χ0) is 23.1. The summed E-state index contributed by atoms with van der Waals surface area (Å²) in [6, 6.07) is 11.1. The van der Waals surface area contributed by atoms with E-state index in [2.05, 4.69) is 5.32 Å². The van der Waals surface area contributed by atoms with E-state index in [-0.39, 0.29) is 22.0 Å². The molecule has 0 atom stereocenters. The van der Waals surface area contributed by atoms with Crippen LogP contribution < -0.4 is 10.1 Å². The number of esters is 1. The first-order valence-electron chi connectivity index (χ1n) is 10.2. The molecule has 0 aliphatic carbocycles. The number of amides is 1. The summed E-state index contributed by atoms with van der Waals surface area (Å²) in [6.07, 6.45) is 2.54. The van der Waals surface area contributed by atoms with Crippen LogP contribution in [0.15, 0.2) is 47.4 Å². The molecule has 0 unspecified atom stereocenters. The van der Waals surface area contributed by atoms with Crippen molar-refractivity contribution in [3.05, 3.63) is 58.6 Å². The van der Waals surface area contributed by atoms with Crippen LogP contribution in [0.1, 0.15) is 35.2 Å². The third kappa shape index (κ3) is 5.79. The Bertz CT molecular complexity index is 1080. The SMILES string of the molecule is COc1ccccc1CNC(=O)COC(=O)c1ccc(Cl)c(S(=O)(=O)N2CCCCC2)c1. The van der Waals surface area contributed by atoms with Crippen LogP contribution in [0.5, 0.6) is 5.75 Å². The van der Waals surface area contributed by atoms with Gasteiger partial charge in [-0.25, -0.2) is 13.2 Å². The summed E-state index contributed by atoms with van der Waals surface area (Å²) in [5.74, 6) is -0.683. The van der Waals surface area contributed by atoms with E-state index in [0.717, 1.165) is 24.8 Å². The highest BCUT2D eigenvalue weighted by molar-refractivity contribution is 7.89. The van der Waals surface area contributed by atoms with Crippen molar-refractivity contribution in [2.24, 2.45) is 0 Å². The van der Waals surface area contributed by atoms with Crippen LogP contribution in [0.4, 0.5) is 0 Å². The zero-order valence-corrected chi connectivity index (χ0v) is 19.2. The summed E-state index contributed by atoms with van der Waals surface area (Å²) in [4.78, 5) is 24.4. The fraction of sp³-hybridized carbons (Fsp3) is 0.364. The molecule has 1 saturated heterocycles. The first-order valence-corrected chi connectivity index (χ1v) is 12.0. The number of hydrogen-bond donors (Lipinski definition) is 1. The summed E-state index contributed by atoms with van der Waals surface area (Å²) in [5, 5.41) is 2.68. The third-order valence-electron chi connectivity index (χ3n) is 5.10. The Morgan fingerprint density at radius 2 is 1.81 bits per heavy atom. The van der Waals surface area contributed by atoms with Crippen molar-refractivity contribution < 1.29 is 27.5 Å². The van der Waals surface area contributed by atoms with Crippen molar-refractivity contribution >= 4 is 33.5 Å². The van der Waals surface area contributed by atoms with Crippen molar-refractivity contribution in [1.29, 1.82) is 0 Å². The van der Waals surface area contributed by atoms with Gasteiger partial charge in [-0.15, -0.1) is 0 Å². The summed E-state index contributed by atoms with van der Waals surface area (Å²) in [7, 11) is -2.29. The van der Waals surface area contributed by atoms with E-state index in [9.17, 15) is 18.0 Å². The van der Waals surface area contributed by atoms with E-state index < -0.39 is 28.5 Å². The lowest BCUT2D eigenvalue weighted by Crippen LogP contribution is -2.35. The summed E-state index contributed by atoms with van der Waals surface area (Å²) < 4.78 is 37.5. The molecule has 32 heavy (non-hydrogen) atoms. The number of carbonyl (C=O) groups excluding carboxylic acids is 2. The second-order valence-electron chi connectivity index (χ2n) is 7.27. The third-order valence-corrected chi connectivity index (χ3v) is 7.48. The van der Waals surface area contributed by atoms with Gasteiger partial charge in [-0.3, -0.25) is 4.79 Å². The monoisotopic (exact) mass is 480 g/mol. The number of hydrogen-bond acceptors (Lipinski definition) is 6. The Kier molecular flexibility index (Phi) is 8.11. The number of carbonyl (C=O) groups is 2. The van der Waals surface area contributed by atoms with Gasteiger partial charge in [-0.2, -0.15) is 4.31 Å². The molecule has 0 bridgehead atoms. The maximum Gasteiger partial charge on any atom is 0.338 e. The van der Waals surface area contributed by atoms with Gasteiger partial charge in [0.2, 0.25) is 10.0 Å². The summed E-state index contributed by atoms with van der Waals surface area (Å²) in [5.41, 5.74) is 0.780. The van der Waals surface area contributed by atoms with Crippen molar-refractivity contribution in [2.45, 2.75) is 30.7 Å². The molecule has 3 rings (SSSR count). The van der Waals surface area contributed by atoms with E-state index in [1.807, 2.05) is 18.2 Å². The minimum absolute atomic E-state index is 0.00233. The van der Waals surface area contributed by atoms with Gasteiger partial charge >= 0.3 is 5.97 Å². The van der Waals surface area contributed by atoms with Crippen molar-refractivity contribution in [2.75, 3.05) is 26.8 Å². The molecule has 0 saturated carbocycles. The normalized spacial score (nSPS) is 14.6. The first-order chi connectivity index (χ1) is 15.3. The number of sulfonamides is 1. The topological polar surface area (TPSA) is 102 Å². The molecule has 1 N–H and O–H groups in total. The minimum atomic E-state index is -3.82. The lowest BCUT2D eigenvalue weighted by atomic mass is 10.2. The second kappa shape index (κ2) is 10.8. The minimum Gasteiger partial charge on any atom is -0.496 e. The summed E-state index contributed by atoms with van der Waals surface area (Å²) >= 11 is 6.12. The average Bonchev–Trinajstić information content (AvgIpc) is 2.82. The van der Waals surface area contributed by atoms with Crippen LogP contribution >= 0.6 is 11.6 Å². The predicted molar refractivity (Wildman–Crippen MR) is 119 cm³/mol. The molecular formula is C22H25ClN2O6S. The number of ether oxygens (including phenoxy) is 2. The summed E-state index contributed by atoms with van der Waals surface area (Å²) in [6.45, 7) is 0.532. The smallest absolute Gasteiger partial charge is 0.338 e. The Morgan fingerprint density at radius 3 is 2.53 bits per heavy atom. The Labute approximate surface area is 192 Å². The second-order valence-corrected chi connectivity index (χ2v) is 9.59. The van der Waals surface area contributed by atoms with Crippen LogP contribution in [0.3, 0.4) is 0 Å². The molecule has 2 aromatic carbocycles. The lowest BCUT2D eigenvalue weighted by molar-refractivity contribution is -0.124. The lowest BCUT2D eigenvalue weighted by Gasteiger charge is -2.26. The molecule has 0 aromatic heterocycles. The van der Waals surface area contributed by atoms with Gasteiger partial charge in [0.15, 0.2) is 6.61 Å². The van der Waals surface area contributed by atoms with Crippen molar-refractivity contribution in [3.8, 4) is 5.75 Å². The van der Waals surface area contributed by atoms with Gasteiger partial charge in [0.05, 0.1) is 17.7 Å². The van der Waals surface area contributed by atoms with Gasteiger partial charge in [0.1, 0.15) is 10.6 Å². The number of methoxy groups -OCH3 is 1. The molecule has 0 radical (unpaired) electrons. The Hall–Kier alpha value is -2.62. The van der Waals surface area contributed by atoms with E-state index in [1.54, 1.807) is 6.07 Å². The molecule has 172 valence electrons. The Balaban J connectivity index is 1.61. The van der Waals surface area contributed by atoms with Crippen LogP contribution in [0, 0.1) is 0 Å². The van der Waals surface area contributed by atoms with Gasteiger partial charge in [0, 0.05) is 25.2 Å². The molecule has 10 heteroatoms. The number of nitrogens with one attached hydrogen (secondary N) is 1. The van der Waals surface area contributed by atoms with Gasteiger partial charge in [0.25, 0.3) is 5.91 Å². The van der Waals surface area contributed by atoms with E-state index in [4.69, 9.17) is 21.1 Å². The van der Waals surface area contributed by atoms with E-state index in [1.165, 1.54) is 29.6 Å². The number of piperidine rings is 1. The number of nitrogens with zero attached hydrogens (tertiary/aromatic N) is 1. The fourth-order valence-corrected chi connectivity index (χ4v) is 5.40. The van der Waals surface area contributed by atoms with Gasteiger partial charge in [-0.05, 0) is 37.1 Å². The maximum atomic E-state index is 12.9. The fourth-order valence-electron chi connectivity index (χ4n) is 3.38. The van der Waals surface area contributed by atoms with Gasteiger partial charge in [-0.1, -0.05) is 36.2 Å². The zero-order valence-electron chi connectivity index (χ0n) is 17.7. The van der Waals surface area contributed by atoms with E-state index in [0.29, 0.717) is 18.8 Å². The molecular weight excluding hydrogens is 456 g/mol. The average molecular weight is 481 g/mol. The molecule has 1 aliphatic rings. The molecule has 1 heterocycles. The highest BCUT2D eigenvalue weighted by atomic mass is 35.5. The van der Waals surface area contributed by atoms with Crippen LogP contribution in [0.2, 0.25) is 5.02 Å². The number of benzene rings is 2. The highest BCUT2D eigenvalue weighted by Crippen LogP contribution is 2.28. The van der Waals surface area contributed by atoms with Gasteiger partial charge < -0.3 is 14.8 Å². The number of halogens is 1. The molecule has 0 spiro atoms. The molecule has 1 aliphatic heterocycles. The van der Waals surface area contributed by atoms with Crippen molar-refractivity contribution in [1.82, 2.24) is 9.62 Å². The predicted octanol–water partition coefficient (Wildman–Crippen LogP) is 3.00. The Morgan fingerprint density at radius 1 is 1.09 bits per heavy atom. The van der Waals surface area contributed by atoms with Crippen molar-refractivity contribution in [3.63, 3.8) is 0 Å². The van der Waals surface area contributed by atoms with Crippen LogP contribution in [0.25, 0.3) is 0 Å². The standard InChI is InChI=1S/C22H25ClN2O6S/c1-30-19-8-4-3-7-17(19)14-24-21(26)15-31-22(27)16-9-10-18(23)20(13-16)32(28,29)25-11-5-2-6-12-25/h3-4,7-10,13H,2,5-6,11-12,14-15H2,1H3,(H,24,26). The largest absolute Gasteiger partial charge is 0.496 e. The first kappa shape index (κ1) is 24.0. The van der Waals surface area contributed by atoms with E-state index >= 15 is 0 Å². The number of para-hydroxylation sites is 1. The number of rotatable bonds is 8. The highest BCUT2D eigenvalue weighted by Gasteiger charge is 2.29. The quantitative estimate of drug-likeness (QED) is 0.583. The molecule has 8 nitrogen and oxygen atoms in total. The molecule has 1 fully saturated rings. The van der Waals surface area contributed by atoms with Crippen LogP contribution in [-0.4, -0.2) is 51.4 Å². The maximum absolute atomic E-state index is 12.9. The van der Waals surface area contributed by atoms with Crippen LogP contribution in [-0.2, 0) is 26.1 Å². The molecule has 2 aromatic rings. The molecule has 1 amide bonds.